The fourth-order valence-electron chi connectivity index (χ4n) is 0.408. The summed E-state index contributed by atoms with van der Waals surface area (Å²) in [6.07, 6.45) is 5.82. The van der Waals surface area contributed by atoms with Gasteiger partial charge in [0.2, 0.25) is 0 Å². The van der Waals surface area contributed by atoms with Gasteiger partial charge in [-0.25, -0.2) is 0 Å². The van der Waals surface area contributed by atoms with Crippen LogP contribution in [0, 0.1) is 18.8 Å². The van der Waals surface area contributed by atoms with Gasteiger partial charge < -0.3 is 25.2 Å². The van der Waals surface area contributed by atoms with E-state index in [4.69, 9.17) is 0 Å². The van der Waals surface area contributed by atoms with E-state index in [1.807, 2.05) is 0 Å². The van der Waals surface area contributed by atoms with Gasteiger partial charge in [-0.05, 0) is 0 Å². The van der Waals surface area contributed by atoms with Crippen LogP contribution in [0.5, 0.6) is 0 Å². The summed E-state index contributed by atoms with van der Waals surface area (Å²) in [6, 6.07) is 0. The van der Waals surface area contributed by atoms with Crippen LogP contribution in [0.25, 0.3) is 0 Å². The second-order valence-corrected chi connectivity index (χ2v) is 1.57. The molecule has 0 aromatic heterocycles. The zero-order valence-corrected chi connectivity index (χ0v) is 5.28. The van der Waals surface area contributed by atoms with E-state index in [-0.39, 0.29) is 18.6 Å². The molecule has 0 spiro atoms. The van der Waals surface area contributed by atoms with Gasteiger partial charge in [-0.1, -0.05) is 0 Å². The summed E-state index contributed by atoms with van der Waals surface area (Å²) in [4.78, 5) is 0. The number of rotatable bonds is 0. The predicted octanol–water partition coefficient (Wildman–Crippen LogP) is 1.43. The largest absolute Gasteiger partial charge is 2.00 e. The Labute approximate surface area is 51.2 Å². The van der Waals surface area contributed by atoms with Gasteiger partial charge in [-0.2, -0.15) is 0 Å². The summed E-state index contributed by atoms with van der Waals surface area (Å²) < 4.78 is 0. The third-order valence-electron chi connectivity index (χ3n) is 1.02. The van der Waals surface area contributed by atoms with E-state index >= 15 is 0 Å². The molecule has 33 valence electrons. The van der Waals surface area contributed by atoms with Crippen molar-refractivity contribution < 1.29 is 18.6 Å². The van der Waals surface area contributed by atoms with Crippen LogP contribution in [-0.4, -0.2) is 0 Å². The van der Waals surface area contributed by atoms with E-state index in [2.05, 4.69) is 19.8 Å². The first-order valence-electron chi connectivity index (χ1n) is 2.06. The topological polar surface area (TPSA) is 0 Å². The normalized spacial score (nSPS) is 21.5. The quantitative estimate of drug-likeness (QED) is 0.423. The van der Waals surface area contributed by atoms with E-state index in [1.54, 1.807) is 0 Å². The van der Waals surface area contributed by atoms with Gasteiger partial charge in [0.15, 0.2) is 0 Å². The van der Waals surface area contributed by atoms with Crippen molar-refractivity contribution in [2.45, 2.75) is 13.3 Å². The monoisotopic (exact) mass is 119 g/mol. The van der Waals surface area contributed by atoms with Crippen molar-refractivity contribution in [3.8, 4) is 0 Å². The Balaban J connectivity index is 0.000000250. The zero-order chi connectivity index (χ0) is 3.70. The molecule has 1 aliphatic rings. The molecule has 0 aromatic carbocycles. The molecule has 0 N–H and O–H groups in total. The number of hydrogen-bond acceptors (Lipinski definition) is 0. The van der Waals surface area contributed by atoms with Crippen LogP contribution in [0.2, 0.25) is 0 Å². The zero-order valence-electron chi connectivity index (χ0n) is 3.89. The van der Waals surface area contributed by atoms with Gasteiger partial charge >= 0.3 is 18.6 Å². The summed E-state index contributed by atoms with van der Waals surface area (Å²) in [6.45, 7) is 2.20. The van der Waals surface area contributed by atoms with Crippen molar-refractivity contribution in [3.63, 3.8) is 0 Å². The maximum Gasteiger partial charge on any atom is 2.00 e. The third-order valence-corrected chi connectivity index (χ3v) is 1.02. The molecule has 6 heavy (non-hydrogen) atoms. The molecule has 1 saturated carbocycles. The Kier molecular flexibility index (Phi) is 2.97. The second kappa shape index (κ2) is 2.71. The van der Waals surface area contributed by atoms with Gasteiger partial charge in [0, 0.05) is 0 Å². The molecule has 0 aliphatic heterocycles. The van der Waals surface area contributed by atoms with Crippen molar-refractivity contribution in [1.82, 2.24) is 0 Å². The second-order valence-electron chi connectivity index (χ2n) is 1.57. The summed E-state index contributed by atoms with van der Waals surface area (Å²) in [5.74, 6) is 0.815. The maximum absolute atomic E-state index is 2.29. The molecule has 0 unspecified atom stereocenters. The van der Waals surface area contributed by atoms with Gasteiger partial charge in [-0.15, -0.1) is 6.92 Å². The minimum absolute atomic E-state index is 0. The van der Waals surface area contributed by atoms with E-state index in [0.717, 1.165) is 5.92 Å². The molecule has 1 heteroatoms. The van der Waals surface area contributed by atoms with Gasteiger partial charge in [0.1, 0.15) is 0 Å². The van der Waals surface area contributed by atoms with Gasteiger partial charge in [0.25, 0.3) is 0 Å². The van der Waals surface area contributed by atoms with Gasteiger partial charge in [0.05, 0.1) is 0 Å². The first kappa shape index (κ1) is 6.58. The predicted molar refractivity (Wildman–Crippen MR) is 22.4 cm³/mol. The fraction of sp³-hybridized carbons (Fsp3) is 0.600. The van der Waals surface area contributed by atoms with Crippen LogP contribution in [0.4, 0.5) is 0 Å². The first-order chi connectivity index (χ1) is 2.39. The fourth-order valence-corrected chi connectivity index (χ4v) is 0.408. The SMILES string of the molecule is CC1[CH-]C[CH-]1.[V+2]. The van der Waals surface area contributed by atoms with Crippen LogP contribution in [0.15, 0.2) is 0 Å². The Morgan fingerprint density at radius 1 is 1.50 bits per heavy atom. The molecular weight excluding hydrogens is 111 g/mol. The summed E-state index contributed by atoms with van der Waals surface area (Å²) in [5.41, 5.74) is 0. The van der Waals surface area contributed by atoms with E-state index < -0.39 is 0 Å². The molecule has 0 aromatic rings. The Morgan fingerprint density at radius 2 is 1.83 bits per heavy atom. The van der Waals surface area contributed by atoms with Crippen molar-refractivity contribution in [3.05, 3.63) is 12.8 Å². The molecular formula is C5H8V. The van der Waals surface area contributed by atoms with Crippen LogP contribution < -0.4 is 0 Å². The van der Waals surface area contributed by atoms with Crippen LogP contribution in [0.1, 0.15) is 13.3 Å². The molecule has 1 radical (unpaired) electrons. The smallest absolute Gasteiger partial charge is 0.384 e. The average molecular weight is 119 g/mol. The Hall–Kier alpha value is 0.584. The van der Waals surface area contributed by atoms with E-state index in [9.17, 15) is 0 Å². The summed E-state index contributed by atoms with van der Waals surface area (Å²) in [5, 5.41) is 0. The molecule has 0 nitrogen and oxygen atoms in total. The van der Waals surface area contributed by atoms with Crippen molar-refractivity contribution in [2.24, 2.45) is 5.92 Å². The maximum atomic E-state index is 2.29. The molecule has 1 fully saturated rings. The van der Waals surface area contributed by atoms with E-state index in [1.165, 1.54) is 6.42 Å². The van der Waals surface area contributed by atoms with Crippen LogP contribution >= 0.6 is 0 Å². The summed E-state index contributed by atoms with van der Waals surface area (Å²) >= 11 is 0. The first-order valence-corrected chi connectivity index (χ1v) is 2.06. The average Bonchev–Trinajstić information content (AvgIpc) is 1.30. The van der Waals surface area contributed by atoms with E-state index in [0.29, 0.717) is 0 Å². The molecule has 0 heterocycles. The molecule has 0 bridgehead atoms. The van der Waals surface area contributed by atoms with Crippen LogP contribution in [-0.2, 0) is 18.6 Å². The molecule has 0 atom stereocenters. The number of hydrogen-bond donors (Lipinski definition) is 0. The van der Waals surface area contributed by atoms with Crippen molar-refractivity contribution in [2.75, 3.05) is 0 Å². The summed E-state index contributed by atoms with van der Waals surface area (Å²) in [7, 11) is 0. The van der Waals surface area contributed by atoms with Crippen molar-refractivity contribution >= 4 is 0 Å². The molecule has 1 aliphatic carbocycles. The molecule has 0 saturated heterocycles. The molecule has 1 rings (SSSR count). The minimum Gasteiger partial charge on any atom is -0.384 e. The van der Waals surface area contributed by atoms with Gasteiger partial charge in [-0.3, -0.25) is 0 Å². The Morgan fingerprint density at radius 3 is 1.83 bits per heavy atom. The van der Waals surface area contributed by atoms with Crippen molar-refractivity contribution in [1.29, 1.82) is 0 Å². The minimum atomic E-state index is 0. The third kappa shape index (κ3) is 1.36. The molecule has 0 amide bonds. The van der Waals surface area contributed by atoms with Crippen LogP contribution in [0.3, 0.4) is 0 Å². The Bertz CT molecular complexity index is 30.9. The standard InChI is InChI=1S/C5H8.V/c1-5-3-2-4-5;/h3-5H,2H2,1H3;/q-2;+2.